The summed E-state index contributed by atoms with van der Waals surface area (Å²) in [4.78, 5) is 35.4. The zero-order chi connectivity index (χ0) is 19.9. The average Bonchev–Trinajstić information content (AvgIpc) is 2.55. The van der Waals surface area contributed by atoms with E-state index in [0.29, 0.717) is 0 Å². The highest BCUT2D eigenvalue weighted by atomic mass is 35.5. The molecule has 26 heavy (non-hydrogen) atoms. The number of esters is 1. The van der Waals surface area contributed by atoms with Gasteiger partial charge in [0.25, 0.3) is 0 Å². The summed E-state index contributed by atoms with van der Waals surface area (Å²) in [5.74, 6) is -2.73. The molecular weight excluding hydrogens is 389 g/mol. The molecule has 0 aliphatic carbocycles. The van der Waals surface area contributed by atoms with Crippen LogP contribution in [0.25, 0.3) is 0 Å². The van der Waals surface area contributed by atoms with Crippen LogP contribution in [-0.2, 0) is 14.3 Å². The Balaban J connectivity index is 3.04. The van der Waals surface area contributed by atoms with Gasteiger partial charge in [-0.05, 0) is 19.1 Å². The fourth-order valence-electron chi connectivity index (χ4n) is 1.91. The summed E-state index contributed by atoms with van der Waals surface area (Å²) in [6, 6.07) is 2.74. The van der Waals surface area contributed by atoms with Gasteiger partial charge < -0.3 is 25.0 Å². The molecule has 2 unspecified atom stereocenters. The predicted molar refractivity (Wildman–Crippen MR) is 93.5 cm³/mol. The minimum Gasteiger partial charge on any atom is -0.478 e. The molecule has 142 valence electrons. The van der Waals surface area contributed by atoms with Crippen LogP contribution in [0.2, 0.25) is 10.0 Å². The van der Waals surface area contributed by atoms with Crippen LogP contribution in [0.5, 0.6) is 0 Å². The van der Waals surface area contributed by atoms with Crippen LogP contribution >= 0.6 is 23.2 Å². The first-order valence-corrected chi connectivity index (χ1v) is 8.04. The molecule has 0 spiro atoms. The van der Waals surface area contributed by atoms with Gasteiger partial charge in [-0.15, -0.1) is 0 Å². The van der Waals surface area contributed by atoms with Gasteiger partial charge in [-0.1, -0.05) is 41.9 Å². The van der Waals surface area contributed by atoms with Crippen molar-refractivity contribution >= 4 is 41.2 Å². The van der Waals surface area contributed by atoms with E-state index >= 15 is 0 Å². The van der Waals surface area contributed by atoms with Crippen LogP contribution in [0.3, 0.4) is 0 Å². The summed E-state index contributed by atoms with van der Waals surface area (Å²) in [7, 11) is 0. The molecule has 0 aliphatic heterocycles. The number of carbonyl (C=O) groups is 3. The zero-order valence-corrected chi connectivity index (χ0v) is 15.2. The Kier molecular flexibility index (Phi) is 8.37. The second kappa shape index (κ2) is 10.0. The molecule has 3 N–H and O–H groups in total. The standard InChI is InChI=1S/C16H17Cl2NO7/c1-3-7-25-16(24)19-12(8(2)20)13(14(21)22)26-15(23)11-9(17)5-4-6-10(11)18/h3-6,8,12-13,20H,1,7H2,2H3,(H,19,24)(H,21,22)/t8?,12?,13-/m0/s1. The molecule has 0 aromatic heterocycles. The lowest BCUT2D eigenvalue weighted by Gasteiger charge is -2.27. The van der Waals surface area contributed by atoms with Crippen LogP contribution in [-0.4, -0.2) is 53.1 Å². The Morgan fingerprint density at radius 2 is 1.88 bits per heavy atom. The van der Waals surface area contributed by atoms with Gasteiger partial charge in [0.2, 0.25) is 6.10 Å². The molecule has 1 amide bonds. The zero-order valence-electron chi connectivity index (χ0n) is 13.6. The first-order chi connectivity index (χ1) is 12.2. The lowest BCUT2D eigenvalue weighted by Crippen LogP contribution is -2.54. The normalized spacial score (nSPS) is 13.8. The summed E-state index contributed by atoms with van der Waals surface area (Å²) in [6.07, 6.45) is -3.03. The van der Waals surface area contributed by atoms with E-state index in [9.17, 15) is 24.6 Å². The molecule has 0 saturated heterocycles. The number of alkyl carbamates (subject to hydrolysis) is 1. The van der Waals surface area contributed by atoms with Crippen LogP contribution in [0.15, 0.2) is 30.9 Å². The van der Waals surface area contributed by atoms with Crippen molar-refractivity contribution in [2.45, 2.75) is 25.2 Å². The highest BCUT2D eigenvalue weighted by molar-refractivity contribution is 6.39. The lowest BCUT2D eigenvalue weighted by atomic mass is 10.1. The van der Waals surface area contributed by atoms with E-state index in [1.807, 2.05) is 0 Å². The molecule has 3 atom stereocenters. The molecule has 8 nitrogen and oxygen atoms in total. The van der Waals surface area contributed by atoms with Gasteiger partial charge in [0.05, 0.1) is 21.7 Å². The number of aliphatic carboxylic acids is 1. The highest BCUT2D eigenvalue weighted by Crippen LogP contribution is 2.25. The Morgan fingerprint density at radius 3 is 2.35 bits per heavy atom. The maximum absolute atomic E-state index is 12.3. The Bertz CT molecular complexity index is 673. The third kappa shape index (κ3) is 5.91. The van der Waals surface area contributed by atoms with Crippen LogP contribution in [0.4, 0.5) is 4.79 Å². The smallest absolute Gasteiger partial charge is 0.407 e. The molecule has 0 saturated carbocycles. The quantitative estimate of drug-likeness (QED) is 0.447. The van der Waals surface area contributed by atoms with Gasteiger partial charge in [-0.3, -0.25) is 0 Å². The fourth-order valence-corrected chi connectivity index (χ4v) is 2.46. The number of carboxylic acid groups (broad SMARTS) is 1. The third-order valence-corrected chi connectivity index (χ3v) is 3.74. The number of aliphatic hydroxyl groups is 1. The maximum atomic E-state index is 12.3. The number of hydrogen-bond donors (Lipinski definition) is 3. The SMILES string of the molecule is C=CCOC(=O)NC(C(C)O)[C@H](OC(=O)c1c(Cl)cccc1Cl)C(=O)O. The van der Waals surface area contributed by atoms with Crippen molar-refractivity contribution in [1.82, 2.24) is 5.32 Å². The molecule has 10 heteroatoms. The summed E-state index contributed by atoms with van der Waals surface area (Å²) < 4.78 is 9.61. The number of rotatable bonds is 8. The number of ether oxygens (including phenoxy) is 2. The van der Waals surface area contributed by atoms with Crippen molar-refractivity contribution in [2.24, 2.45) is 0 Å². The van der Waals surface area contributed by atoms with Gasteiger partial charge in [-0.2, -0.15) is 0 Å². The number of hydrogen-bond acceptors (Lipinski definition) is 6. The first-order valence-electron chi connectivity index (χ1n) is 7.29. The predicted octanol–water partition coefficient (Wildman–Crippen LogP) is 2.26. The number of halogens is 2. The lowest BCUT2D eigenvalue weighted by molar-refractivity contribution is -0.150. The van der Waals surface area contributed by atoms with Crippen LogP contribution in [0, 0.1) is 0 Å². The van der Waals surface area contributed by atoms with Gasteiger partial charge in [0.15, 0.2) is 0 Å². The molecule has 1 aromatic rings. The van der Waals surface area contributed by atoms with E-state index in [-0.39, 0.29) is 22.2 Å². The molecule has 1 aromatic carbocycles. The van der Waals surface area contributed by atoms with Gasteiger partial charge in [-0.25, -0.2) is 14.4 Å². The van der Waals surface area contributed by atoms with E-state index in [1.54, 1.807) is 0 Å². The first kappa shape index (κ1) is 21.8. The highest BCUT2D eigenvalue weighted by Gasteiger charge is 2.37. The largest absolute Gasteiger partial charge is 0.478 e. The van der Waals surface area contributed by atoms with E-state index < -0.39 is 36.3 Å². The fraction of sp³-hybridized carbons (Fsp3) is 0.312. The monoisotopic (exact) mass is 405 g/mol. The second-order valence-corrected chi connectivity index (χ2v) is 5.87. The van der Waals surface area contributed by atoms with Crippen molar-refractivity contribution in [3.05, 3.63) is 46.5 Å². The van der Waals surface area contributed by atoms with Gasteiger partial charge in [0, 0.05) is 0 Å². The minimum atomic E-state index is -1.92. The number of amides is 1. The van der Waals surface area contributed by atoms with Crippen molar-refractivity contribution in [1.29, 1.82) is 0 Å². The molecule has 0 bridgehead atoms. The molecule has 0 fully saturated rings. The van der Waals surface area contributed by atoms with Crippen molar-refractivity contribution in [2.75, 3.05) is 6.61 Å². The summed E-state index contributed by atoms with van der Waals surface area (Å²) in [5, 5.41) is 21.2. The number of aliphatic hydroxyl groups excluding tert-OH is 1. The summed E-state index contributed by atoms with van der Waals surface area (Å²) in [5.41, 5.74) is -0.235. The molecular formula is C16H17Cl2NO7. The Labute approximate surface area is 159 Å². The number of carbonyl (C=O) groups excluding carboxylic acids is 2. The van der Waals surface area contributed by atoms with E-state index in [2.05, 4.69) is 16.6 Å². The van der Waals surface area contributed by atoms with Gasteiger partial charge in [0.1, 0.15) is 12.6 Å². The van der Waals surface area contributed by atoms with E-state index in [1.165, 1.54) is 31.2 Å². The van der Waals surface area contributed by atoms with Crippen molar-refractivity contribution in [3.63, 3.8) is 0 Å². The Morgan fingerprint density at radius 1 is 1.31 bits per heavy atom. The number of carboxylic acids is 1. The third-order valence-electron chi connectivity index (χ3n) is 3.11. The van der Waals surface area contributed by atoms with Crippen LogP contribution < -0.4 is 5.32 Å². The van der Waals surface area contributed by atoms with E-state index in [4.69, 9.17) is 27.9 Å². The van der Waals surface area contributed by atoms with E-state index in [0.717, 1.165) is 0 Å². The van der Waals surface area contributed by atoms with Crippen molar-refractivity contribution in [3.8, 4) is 0 Å². The summed E-state index contributed by atoms with van der Waals surface area (Å²) in [6.45, 7) is 4.44. The summed E-state index contributed by atoms with van der Waals surface area (Å²) >= 11 is 11.8. The number of benzene rings is 1. The average molecular weight is 406 g/mol. The molecule has 1 rings (SSSR count). The van der Waals surface area contributed by atoms with Gasteiger partial charge >= 0.3 is 18.0 Å². The van der Waals surface area contributed by atoms with Crippen molar-refractivity contribution < 1.29 is 34.1 Å². The minimum absolute atomic E-state index is 0.0430. The molecule has 0 aliphatic rings. The molecule has 0 radical (unpaired) electrons. The number of nitrogens with one attached hydrogen (secondary N) is 1. The maximum Gasteiger partial charge on any atom is 0.407 e. The topological polar surface area (TPSA) is 122 Å². The second-order valence-electron chi connectivity index (χ2n) is 5.06. The van der Waals surface area contributed by atoms with Crippen LogP contribution in [0.1, 0.15) is 17.3 Å². The molecule has 0 heterocycles. The Hall–Kier alpha value is -2.29.